The van der Waals surface area contributed by atoms with Crippen LogP contribution in [0.15, 0.2) is 48.5 Å². The Balaban J connectivity index is 1.33. The molecular weight excluding hydrogens is 424 g/mol. The average Bonchev–Trinajstić information content (AvgIpc) is 2.78. The molecule has 0 bridgehead atoms. The summed E-state index contributed by atoms with van der Waals surface area (Å²) in [6, 6.07) is 15.2. The van der Waals surface area contributed by atoms with E-state index in [-0.39, 0.29) is 18.4 Å². The smallest absolute Gasteiger partial charge is 0.238 e. The van der Waals surface area contributed by atoms with Gasteiger partial charge >= 0.3 is 0 Å². The molecule has 0 saturated carbocycles. The van der Waals surface area contributed by atoms with Crippen LogP contribution in [0.3, 0.4) is 0 Å². The van der Waals surface area contributed by atoms with Crippen LogP contribution in [-0.2, 0) is 16.0 Å². The second-order valence-electron chi connectivity index (χ2n) is 8.18. The van der Waals surface area contributed by atoms with Crippen LogP contribution in [0.1, 0.15) is 16.8 Å². The van der Waals surface area contributed by atoms with Crippen molar-refractivity contribution in [3.05, 3.63) is 70.4 Å². The van der Waals surface area contributed by atoms with Crippen molar-refractivity contribution < 1.29 is 9.59 Å². The third-order valence-corrected chi connectivity index (χ3v) is 6.38. The quantitative estimate of drug-likeness (QED) is 0.641. The van der Waals surface area contributed by atoms with E-state index in [2.05, 4.69) is 28.2 Å². The maximum atomic E-state index is 13.0. The number of carbonyl (C=O) groups is 2. The molecule has 7 heteroatoms. The molecule has 4 rings (SSSR count). The predicted molar refractivity (Wildman–Crippen MR) is 128 cm³/mol. The van der Waals surface area contributed by atoms with E-state index in [1.807, 2.05) is 42.2 Å². The van der Waals surface area contributed by atoms with Crippen LogP contribution in [0.25, 0.3) is 10.9 Å². The highest BCUT2D eigenvalue weighted by atomic mass is 35.5. The molecule has 0 radical (unpaired) electrons. The number of pyridine rings is 1. The lowest BCUT2D eigenvalue weighted by Gasteiger charge is -2.34. The van der Waals surface area contributed by atoms with Crippen molar-refractivity contribution in [2.24, 2.45) is 0 Å². The molecular formula is C25H27ClN4O2. The Morgan fingerprint density at radius 2 is 1.69 bits per heavy atom. The molecule has 2 heterocycles. The second kappa shape index (κ2) is 9.67. The maximum Gasteiger partial charge on any atom is 0.238 e. The zero-order chi connectivity index (χ0) is 22.7. The molecule has 2 amide bonds. The number of benzene rings is 2. The van der Waals surface area contributed by atoms with E-state index in [0.717, 1.165) is 27.7 Å². The number of carbonyl (C=O) groups excluding carboxylic acids is 2. The van der Waals surface area contributed by atoms with Gasteiger partial charge in [0.2, 0.25) is 11.8 Å². The summed E-state index contributed by atoms with van der Waals surface area (Å²) >= 11 is 6.11. The summed E-state index contributed by atoms with van der Waals surface area (Å²) in [7, 11) is 0. The van der Waals surface area contributed by atoms with E-state index in [4.69, 9.17) is 11.6 Å². The van der Waals surface area contributed by atoms with E-state index >= 15 is 0 Å². The number of para-hydroxylation sites is 2. The molecule has 0 aliphatic carbocycles. The molecule has 1 fully saturated rings. The number of piperazine rings is 1. The number of nitrogens with zero attached hydrogens (tertiary/aromatic N) is 3. The van der Waals surface area contributed by atoms with Gasteiger partial charge in [-0.2, -0.15) is 0 Å². The van der Waals surface area contributed by atoms with Gasteiger partial charge in [-0.05, 0) is 43.2 Å². The summed E-state index contributed by atoms with van der Waals surface area (Å²) < 4.78 is 0. The SMILES string of the molecule is Cc1nc2ccccc2c(C)c1CC(=O)N1CCN(CC(=O)Nc2ccccc2Cl)CC1. The van der Waals surface area contributed by atoms with Crippen molar-refractivity contribution in [1.29, 1.82) is 0 Å². The molecule has 1 saturated heterocycles. The van der Waals surface area contributed by atoms with Crippen LogP contribution in [0.4, 0.5) is 5.69 Å². The molecule has 0 spiro atoms. The Bertz CT molecular complexity index is 1160. The Labute approximate surface area is 193 Å². The number of halogens is 1. The number of aryl methyl sites for hydroxylation is 2. The number of amides is 2. The number of hydrogen-bond acceptors (Lipinski definition) is 4. The first-order chi connectivity index (χ1) is 15.4. The average molecular weight is 451 g/mol. The summed E-state index contributed by atoms with van der Waals surface area (Å²) in [5, 5.41) is 4.46. The molecule has 6 nitrogen and oxygen atoms in total. The molecule has 2 aromatic carbocycles. The highest BCUT2D eigenvalue weighted by Crippen LogP contribution is 2.24. The van der Waals surface area contributed by atoms with Gasteiger partial charge in [0.15, 0.2) is 0 Å². The van der Waals surface area contributed by atoms with Gasteiger partial charge in [0, 0.05) is 37.3 Å². The van der Waals surface area contributed by atoms with Crippen molar-refractivity contribution in [3.8, 4) is 0 Å². The molecule has 1 aromatic heterocycles. The molecule has 3 aromatic rings. The van der Waals surface area contributed by atoms with Crippen LogP contribution in [0, 0.1) is 13.8 Å². The van der Waals surface area contributed by atoms with Crippen molar-refractivity contribution in [2.75, 3.05) is 38.0 Å². The van der Waals surface area contributed by atoms with E-state index in [1.165, 1.54) is 0 Å². The molecule has 1 aliphatic rings. The second-order valence-corrected chi connectivity index (χ2v) is 8.59. The first-order valence-corrected chi connectivity index (χ1v) is 11.2. The number of rotatable bonds is 5. The monoisotopic (exact) mass is 450 g/mol. The number of hydrogen-bond donors (Lipinski definition) is 1. The van der Waals surface area contributed by atoms with E-state index in [1.54, 1.807) is 12.1 Å². The van der Waals surface area contributed by atoms with Gasteiger partial charge in [0.1, 0.15) is 0 Å². The third kappa shape index (κ3) is 4.92. The van der Waals surface area contributed by atoms with Gasteiger partial charge in [0.25, 0.3) is 0 Å². The maximum absolute atomic E-state index is 13.0. The topological polar surface area (TPSA) is 65.5 Å². The standard InChI is InChI=1S/C25H27ClN4O2/c1-17-19-7-3-5-9-22(19)27-18(2)20(17)15-25(32)30-13-11-29(12-14-30)16-24(31)28-23-10-6-4-8-21(23)26/h3-10H,11-16H2,1-2H3,(H,28,31). The lowest BCUT2D eigenvalue weighted by atomic mass is 9.99. The summed E-state index contributed by atoms with van der Waals surface area (Å²) in [4.78, 5) is 34.0. The summed E-state index contributed by atoms with van der Waals surface area (Å²) in [5.74, 6) is -0.000172. The minimum Gasteiger partial charge on any atom is -0.340 e. The fourth-order valence-electron chi connectivity index (χ4n) is 4.20. The fourth-order valence-corrected chi connectivity index (χ4v) is 4.39. The molecule has 32 heavy (non-hydrogen) atoms. The lowest BCUT2D eigenvalue weighted by molar-refractivity contribution is -0.132. The lowest BCUT2D eigenvalue weighted by Crippen LogP contribution is -2.50. The number of aromatic nitrogens is 1. The summed E-state index contributed by atoms with van der Waals surface area (Å²) in [6.45, 7) is 6.85. The van der Waals surface area contributed by atoms with Crippen molar-refractivity contribution in [3.63, 3.8) is 0 Å². The predicted octanol–water partition coefficient (Wildman–Crippen LogP) is 3.83. The van der Waals surface area contributed by atoms with E-state index in [0.29, 0.717) is 43.3 Å². The highest BCUT2D eigenvalue weighted by molar-refractivity contribution is 6.33. The Hall–Kier alpha value is -2.96. The van der Waals surface area contributed by atoms with Crippen LogP contribution in [0.5, 0.6) is 0 Å². The molecule has 0 unspecified atom stereocenters. The molecule has 1 N–H and O–H groups in total. The first-order valence-electron chi connectivity index (χ1n) is 10.8. The Morgan fingerprint density at radius 1 is 1.00 bits per heavy atom. The largest absolute Gasteiger partial charge is 0.340 e. The van der Waals surface area contributed by atoms with Gasteiger partial charge < -0.3 is 10.2 Å². The van der Waals surface area contributed by atoms with Crippen molar-refractivity contribution in [1.82, 2.24) is 14.8 Å². The highest BCUT2D eigenvalue weighted by Gasteiger charge is 2.24. The third-order valence-electron chi connectivity index (χ3n) is 6.05. The van der Waals surface area contributed by atoms with Gasteiger partial charge in [-0.25, -0.2) is 0 Å². The van der Waals surface area contributed by atoms with E-state index < -0.39 is 0 Å². The number of anilines is 1. The summed E-state index contributed by atoms with van der Waals surface area (Å²) in [6.07, 6.45) is 0.350. The molecule has 1 aliphatic heterocycles. The van der Waals surface area contributed by atoms with Crippen molar-refractivity contribution >= 4 is 40.0 Å². The molecule has 166 valence electrons. The summed E-state index contributed by atoms with van der Waals surface area (Å²) in [5.41, 5.74) is 4.61. The Morgan fingerprint density at radius 3 is 2.44 bits per heavy atom. The first kappa shape index (κ1) is 22.2. The minimum atomic E-state index is -0.105. The van der Waals surface area contributed by atoms with Gasteiger partial charge in [-0.1, -0.05) is 41.9 Å². The molecule has 0 atom stereocenters. The fraction of sp³-hybridized carbons (Fsp3) is 0.320. The van der Waals surface area contributed by atoms with Gasteiger partial charge in [0.05, 0.1) is 29.2 Å². The van der Waals surface area contributed by atoms with E-state index in [9.17, 15) is 9.59 Å². The van der Waals surface area contributed by atoms with Crippen molar-refractivity contribution in [2.45, 2.75) is 20.3 Å². The number of nitrogens with one attached hydrogen (secondary N) is 1. The zero-order valence-corrected chi connectivity index (χ0v) is 19.2. The van der Waals surface area contributed by atoms with Crippen LogP contribution >= 0.6 is 11.6 Å². The van der Waals surface area contributed by atoms with Crippen LogP contribution < -0.4 is 5.32 Å². The normalized spacial score (nSPS) is 14.5. The van der Waals surface area contributed by atoms with Gasteiger partial charge in [-0.15, -0.1) is 0 Å². The van der Waals surface area contributed by atoms with Gasteiger partial charge in [-0.3, -0.25) is 19.5 Å². The number of fused-ring (bicyclic) bond motifs is 1. The van der Waals surface area contributed by atoms with Crippen LogP contribution in [0.2, 0.25) is 5.02 Å². The zero-order valence-electron chi connectivity index (χ0n) is 18.4. The van der Waals surface area contributed by atoms with Crippen LogP contribution in [-0.4, -0.2) is 59.3 Å². The minimum absolute atomic E-state index is 0.105. The Kier molecular flexibility index (Phi) is 6.72.